The zero-order chi connectivity index (χ0) is 26.5. The molecule has 7 nitrogen and oxygen atoms in total. The van der Waals surface area contributed by atoms with Crippen molar-refractivity contribution in [1.82, 2.24) is 4.90 Å². The van der Waals surface area contributed by atoms with Crippen LogP contribution in [0.4, 0.5) is 18.9 Å². The highest BCUT2D eigenvalue weighted by atomic mass is 32.2. The van der Waals surface area contributed by atoms with Gasteiger partial charge in [0.1, 0.15) is 0 Å². The second-order valence-corrected chi connectivity index (χ2v) is 9.59. The maximum Gasteiger partial charge on any atom is 0.416 e. The Morgan fingerprint density at radius 1 is 0.972 bits per heavy atom. The maximum absolute atomic E-state index is 13.0. The first kappa shape index (κ1) is 26.7. The van der Waals surface area contributed by atoms with Crippen molar-refractivity contribution >= 4 is 27.6 Å². The van der Waals surface area contributed by atoms with Crippen LogP contribution in [-0.4, -0.2) is 38.3 Å². The molecule has 11 heteroatoms. The number of para-hydroxylation sites is 1. The molecule has 0 fully saturated rings. The second-order valence-electron chi connectivity index (χ2n) is 7.90. The Morgan fingerprint density at radius 3 is 2.28 bits per heavy atom. The summed E-state index contributed by atoms with van der Waals surface area (Å²) in [5.41, 5.74) is -0.679. The summed E-state index contributed by atoms with van der Waals surface area (Å²) in [4.78, 5) is 26.2. The predicted octanol–water partition coefficient (Wildman–Crippen LogP) is 4.71. The SMILES string of the molecule is C[C@H](OC(=O)c1ccccc1NS(=O)(=O)c1cccc(C(F)(F)F)c1)C(=O)N(C)Cc1ccccc1. The van der Waals surface area contributed by atoms with E-state index >= 15 is 0 Å². The summed E-state index contributed by atoms with van der Waals surface area (Å²) in [6.07, 6.45) is -5.91. The van der Waals surface area contributed by atoms with Gasteiger partial charge in [-0.25, -0.2) is 13.2 Å². The zero-order valence-electron chi connectivity index (χ0n) is 19.3. The van der Waals surface area contributed by atoms with Gasteiger partial charge in [0.05, 0.1) is 21.7 Å². The fourth-order valence-electron chi connectivity index (χ4n) is 3.31. The van der Waals surface area contributed by atoms with Crippen molar-refractivity contribution in [2.45, 2.75) is 30.6 Å². The van der Waals surface area contributed by atoms with Crippen LogP contribution < -0.4 is 4.72 Å². The van der Waals surface area contributed by atoms with Crippen LogP contribution in [0.25, 0.3) is 0 Å². The molecule has 3 rings (SSSR count). The fraction of sp³-hybridized carbons (Fsp3) is 0.200. The molecule has 0 saturated heterocycles. The van der Waals surface area contributed by atoms with Gasteiger partial charge < -0.3 is 9.64 Å². The van der Waals surface area contributed by atoms with E-state index in [9.17, 15) is 31.2 Å². The molecule has 0 aliphatic heterocycles. The first-order valence-corrected chi connectivity index (χ1v) is 12.2. The number of sulfonamides is 1. The molecule has 190 valence electrons. The van der Waals surface area contributed by atoms with Crippen molar-refractivity contribution in [3.05, 3.63) is 95.6 Å². The Kier molecular flexibility index (Phi) is 8.03. The Labute approximate surface area is 206 Å². The van der Waals surface area contributed by atoms with Gasteiger partial charge in [-0.3, -0.25) is 9.52 Å². The number of nitrogens with one attached hydrogen (secondary N) is 1. The highest BCUT2D eigenvalue weighted by Crippen LogP contribution is 2.31. The predicted molar refractivity (Wildman–Crippen MR) is 126 cm³/mol. The van der Waals surface area contributed by atoms with Crippen LogP contribution in [0, 0.1) is 0 Å². The normalized spacial score (nSPS) is 12.5. The maximum atomic E-state index is 13.0. The molecule has 1 N–H and O–H groups in total. The average molecular weight is 521 g/mol. The molecule has 0 spiro atoms. The highest BCUT2D eigenvalue weighted by Gasteiger charge is 2.32. The molecule has 0 bridgehead atoms. The number of hydrogen-bond donors (Lipinski definition) is 1. The summed E-state index contributed by atoms with van der Waals surface area (Å²) in [5, 5.41) is 0. The standard InChI is InChI=1S/C25H23F3N2O5S/c1-17(23(31)30(2)16-18-9-4-3-5-10-18)35-24(32)21-13-6-7-14-22(21)29-36(33,34)20-12-8-11-19(15-20)25(26,27)28/h3-15,17,29H,16H2,1-2H3/t17-/m0/s1. The van der Waals surface area contributed by atoms with E-state index in [1.807, 2.05) is 30.3 Å². The van der Waals surface area contributed by atoms with Crippen LogP contribution in [-0.2, 0) is 32.3 Å². The van der Waals surface area contributed by atoms with Crippen molar-refractivity contribution in [2.24, 2.45) is 0 Å². The van der Waals surface area contributed by atoms with Gasteiger partial charge in [-0.05, 0) is 42.8 Å². The molecule has 1 amide bonds. The lowest BCUT2D eigenvalue weighted by Gasteiger charge is -2.22. The number of rotatable bonds is 8. The van der Waals surface area contributed by atoms with E-state index in [0.717, 1.165) is 23.8 Å². The lowest BCUT2D eigenvalue weighted by Crippen LogP contribution is -2.37. The van der Waals surface area contributed by atoms with Gasteiger partial charge in [-0.15, -0.1) is 0 Å². The molecular formula is C25H23F3N2O5S. The number of likely N-dealkylation sites (N-methyl/N-ethyl adjacent to an activating group) is 1. The number of benzene rings is 3. The Bertz CT molecular complexity index is 1350. The molecule has 36 heavy (non-hydrogen) atoms. The van der Waals surface area contributed by atoms with E-state index in [2.05, 4.69) is 4.72 Å². The number of amides is 1. The van der Waals surface area contributed by atoms with E-state index in [4.69, 9.17) is 4.74 Å². The molecule has 0 radical (unpaired) electrons. The smallest absolute Gasteiger partial charge is 0.416 e. The molecule has 0 aromatic heterocycles. The summed E-state index contributed by atoms with van der Waals surface area (Å²) >= 11 is 0. The Balaban J connectivity index is 1.75. The zero-order valence-corrected chi connectivity index (χ0v) is 20.1. The van der Waals surface area contributed by atoms with Crippen LogP contribution in [0.15, 0.2) is 83.8 Å². The van der Waals surface area contributed by atoms with Gasteiger partial charge in [0.2, 0.25) is 0 Å². The number of alkyl halides is 3. The van der Waals surface area contributed by atoms with E-state index in [1.165, 1.54) is 36.1 Å². The van der Waals surface area contributed by atoms with Gasteiger partial charge in [0.15, 0.2) is 6.10 Å². The Hall–Kier alpha value is -3.86. The van der Waals surface area contributed by atoms with E-state index in [1.54, 1.807) is 7.05 Å². The van der Waals surface area contributed by atoms with Gasteiger partial charge in [0.25, 0.3) is 15.9 Å². The van der Waals surface area contributed by atoms with Crippen LogP contribution in [0.2, 0.25) is 0 Å². The lowest BCUT2D eigenvalue weighted by atomic mass is 10.2. The first-order valence-electron chi connectivity index (χ1n) is 10.7. The minimum Gasteiger partial charge on any atom is -0.449 e. The number of nitrogens with zero attached hydrogens (tertiary/aromatic N) is 1. The third-order valence-electron chi connectivity index (χ3n) is 5.13. The quantitative estimate of drug-likeness (QED) is 0.435. The number of hydrogen-bond acceptors (Lipinski definition) is 5. The highest BCUT2D eigenvalue weighted by molar-refractivity contribution is 7.92. The number of halogens is 3. The summed E-state index contributed by atoms with van der Waals surface area (Å²) in [5.74, 6) is -1.46. The molecule has 3 aromatic carbocycles. The van der Waals surface area contributed by atoms with Gasteiger partial charge in [-0.2, -0.15) is 13.2 Å². The van der Waals surface area contributed by atoms with Gasteiger partial charge in [-0.1, -0.05) is 48.5 Å². The summed E-state index contributed by atoms with van der Waals surface area (Å²) in [6, 6.07) is 17.8. The Morgan fingerprint density at radius 2 is 1.61 bits per heavy atom. The van der Waals surface area contributed by atoms with E-state index in [0.29, 0.717) is 6.07 Å². The molecule has 0 aliphatic carbocycles. The average Bonchev–Trinajstić information content (AvgIpc) is 2.83. The molecule has 1 atom stereocenters. The molecular weight excluding hydrogens is 497 g/mol. The molecule has 3 aromatic rings. The van der Waals surface area contributed by atoms with Crippen molar-refractivity contribution in [3.63, 3.8) is 0 Å². The number of carbonyl (C=O) groups excluding carboxylic acids is 2. The van der Waals surface area contributed by atoms with Crippen molar-refractivity contribution in [1.29, 1.82) is 0 Å². The summed E-state index contributed by atoms with van der Waals surface area (Å²) in [6.45, 7) is 1.67. The largest absolute Gasteiger partial charge is 0.449 e. The summed E-state index contributed by atoms with van der Waals surface area (Å²) in [7, 11) is -2.93. The molecule has 0 heterocycles. The lowest BCUT2D eigenvalue weighted by molar-refractivity contribution is -0.139. The third kappa shape index (κ3) is 6.63. The fourth-order valence-corrected chi connectivity index (χ4v) is 4.44. The topological polar surface area (TPSA) is 92.8 Å². The third-order valence-corrected chi connectivity index (χ3v) is 6.50. The van der Waals surface area contributed by atoms with Crippen LogP contribution >= 0.6 is 0 Å². The van der Waals surface area contributed by atoms with E-state index < -0.39 is 44.6 Å². The van der Waals surface area contributed by atoms with Crippen LogP contribution in [0.1, 0.15) is 28.4 Å². The number of esters is 1. The van der Waals surface area contributed by atoms with Crippen molar-refractivity contribution in [3.8, 4) is 0 Å². The number of ether oxygens (including phenoxy) is 1. The second kappa shape index (κ2) is 10.8. The minimum atomic E-state index is -4.73. The van der Waals surface area contributed by atoms with Crippen LogP contribution in [0.5, 0.6) is 0 Å². The van der Waals surface area contributed by atoms with Gasteiger partial charge in [0, 0.05) is 13.6 Å². The molecule has 0 aliphatic rings. The number of anilines is 1. The first-order chi connectivity index (χ1) is 16.9. The molecule has 0 saturated carbocycles. The number of carbonyl (C=O) groups is 2. The monoisotopic (exact) mass is 520 g/mol. The van der Waals surface area contributed by atoms with Gasteiger partial charge >= 0.3 is 12.1 Å². The minimum absolute atomic E-state index is 0.210. The van der Waals surface area contributed by atoms with Crippen LogP contribution in [0.3, 0.4) is 0 Å². The van der Waals surface area contributed by atoms with Crippen molar-refractivity contribution < 1.29 is 35.9 Å². The summed E-state index contributed by atoms with van der Waals surface area (Å²) < 4.78 is 71.9. The van der Waals surface area contributed by atoms with E-state index in [-0.39, 0.29) is 17.8 Å². The molecule has 0 unspecified atom stereocenters. The van der Waals surface area contributed by atoms with Crippen molar-refractivity contribution in [2.75, 3.05) is 11.8 Å².